The van der Waals surface area contributed by atoms with Gasteiger partial charge in [0.05, 0.1) is 5.00 Å². The third-order valence-corrected chi connectivity index (χ3v) is 6.22. The number of anilines is 1. The first kappa shape index (κ1) is 17.3. The Morgan fingerprint density at radius 1 is 1.15 bits per heavy atom. The van der Waals surface area contributed by atoms with Gasteiger partial charge in [-0.05, 0) is 48.4 Å². The quantitative estimate of drug-likeness (QED) is 0.637. The predicted octanol–water partition coefficient (Wildman–Crippen LogP) is 3.58. The molecule has 2 heterocycles. The molecule has 6 heteroatoms. The Hall–Kier alpha value is -2.08. The molecule has 2 atom stereocenters. The van der Waals surface area contributed by atoms with Gasteiger partial charge in [0.2, 0.25) is 0 Å². The van der Waals surface area contributed by atoms with Gasteiger partial charge in [0, 0.05) is 38.1 Å². The zero-order valence-electron chi connectivity index (χ0n) is 15.0. The van der Waals surface area contributed by atoms with Crippen LogP contribution in [0.3, 0.4) is 0 Å². The van der Waals surface area contributed by atoms with Gasteiger partial charge >= 0.3 is 0 Å². The van der Waals surface area contributed by atoms with Crippen LogP contribution in [-0.4, -0.2) is 38.2 Å². The lowest BCUT2D eigenvalue weighted by molar-refractivity contribution is 0.462. The summed E-state index contributed by atoms with van der Waals surface area (Å²) in [5.74, 6) is 0.976. The van der Waals surface area contributed by atoms with E-state index in [2.05, 4.69) is 38.0 Å². The number of hydrogen-bond acceptors (Lipinski definition) is 3. The van der Waals surface area contributed by atoms with Crippen molar-refractivity contribution in [2.75, 3.05) is 25.0 Å². The second-order valence-corrected chi connectivity index (χ2v) is 7.97. The smallest absolute Gasteiger partial charge is 0.191 e. The minimum Gasteiger partial charge on any atom is -0.363 e. The number of halogens is 1. The van der Waals surface area contributed by atoms with Crippen LogP contribution in [0.25, 0.3) is 0 Å². The maximum atomic E-state index is 13.9. The molecule has 0 bridgehead atoms. The molecule has 138 valence electrons. The van der Waals surface area contributed by atoms with Gasteiger partial charge in [-0.1, -0.05) is 18.2 Å². The van der Waals surface area contributed by atoms with Crippen LogP contribution in [0.4, 0.5) is 9.39 Å². The molecule has 4 nitrogen and oxygen atoms in total. The molecule has 2 fully saturated rings. The normalized spacial score (nSPS) is 23.8. The lowest BCUT2D eigenvalue weighted by Crippen LogP contribution is -2.49. The molecule has 2 unspecified atom stereocenters. The van der Waals surface area contributed by atoms with Gasteiger partial charge in [-0.15, -0.1) is 11.3 Å². The van der Waals surface area contributed by atoms with E-state index in [9.17, 15) is 4.39 Å². The van der Waals surface area contributed by atoms with Crippen LogP contribution < -0.4 is 15.5 Å². The Balaban J connectivity index is 1.27. The lowest BCUT2D eigenvalue weighted by Gasteiger charge is -2.33. The highest BCUT2D eigenvalue weighted by molar-refractivity contribution is 7.14. The van der Waals surface area contributed by atoms with E-state index in [0.717, 1.165) is 43.9 Å². The average Bonchev–Trinajstić information content (AvgIpc) is 3.20. The molecule has 1 aliphatic heterocycles. The number of nitrogens with one attached hydrogen (secondary N) is 2. The van der Waals surface area contributed by atoms with E-state index in [1.54, 1.807) is 30.5 Å². The summed E-state index contributed by atoms with van der Waals surface area (Å²) >= 11 is 1.80. The van der Waals surface area contributed by atoms with Crippen molar-refractivity contribution in [3.05, 3.63) is 53.2 Å². The first-order valence-corrected chi connectivity index (χ1v) is 10.2. The molecular weight excluding hydrogens is 347 g/mol. The molecule has 0 spiro atoms. The molecular formula is C20H25FN4S. The Labute approximate surface area is 158 Å². The SMILES string of the molecule is CN=C(NC1CCN(c2cccs2)CC1)NC1CC1c1ccccc1F. The maximum Gasteiger partial charge on any atom is 0.191 e. The minimum atomic E-state index is -0.106. The number of guanidine groups is 1. The van der Waals surface area contributed by atoms with Crippen LogP contribution in [0.2, 0.25) is 0 Å². The highest BCUT2D eigenvalue weighted by Crippen LogP contribution is 2.41. The molecule has 0 radical (unpaired) electrons. The minimum absolute atomic E-state index is 0.106. The number of thiophene rings is 1. The molecule has 2 N–H and O–H groups in total. The highest BCUT2D eigenvalue weighted by atomic mass is 32.1. The molecule has 1 saturated carbocycles. The summed E-state index contributed by atoms with van der Waals surface area (Å²) in [5.41, 5.74) is 0.810. The summed E-state index contributed by atoms with van der Waals surface area (Å²) in [4.78, 5) is 6.82. The van der Waals surface area contributed by atoms with Crippen molar-refractivity contribution in [2.24, 2.45) is 4.99 Å². The molecule has 1 aromatic heterocycles. The Morgan fingerprint density at radius 3 is 2.65 bits per heavy atom. The standard InChI is InChI=1S/C20H25FN4S/c1-22-20(24-18-13-16(18)15-5-2-3-6-17(15)21)23-14-8-10-25(11-9-14)19-7-4-12-26-19/h2-7,12,14,16,18H,8-11,13H2,1H3,(H2,22,23,24). The molecule has 0 amide bonds. The fourth-order valence-corrected chi connectivity index (χ4v) is 4.49. The van der Waals surface area contributed by atoms with E-state index in [1.807, 2.05) is 12.1 Å². The largest absolute Gasteiger partial charge is 0.363 e. The van der Waals surface area contributed by atoms with Crippen LogP contribution in [-0.2, 0) is 0 Å². The third-order valence-electron chi connectivity index (χ3n) is 5.29. The highest BCUT2D eigenvalue weighted by Gasteiger charge is 2.40. The number of piperidine rings is 1. The van der Waals surface area contributed by atoms with E-state index in [4.69, 9.17) is 0 Å². The van der Waals surface area contributed by atoms with Crippen LogP contribution in [0, 0.1) is 5.82 Å². The molecule has 1 saturated heterocycles. The number of rotatable bonds is 4. The second-order valence-electron chi connectivity index (χ2n) is 7.04. The van der Waals surface area contributed by atoms with Crippen molar-refractivity contribution in [3.63, 3.8) is 0 Å². The van der Waals surface area contributed by atoms with Crippen LogP contribution >= 0.6 is 11.3 Å². The van der Waals surface area contributed by atoms with E-state index < -0.39 is 0 Å². The summed E-state index contributed by atoms with van der Waals surface area (Å²) in [6.45, 7) is 2.13. The van der Waals surface area contributed by atoms with Gasteiger partial charge in [-0.25, -0.2) is 4.39 Å². The van der Waals surface area contributed by atoms with E-state index >= 15 is 0 Å². The summed E-state index contributed by atoms with van der Waals surface area (Å²) in [7, 11) is 1.80. The van der Waals surface area contributed by atoms with Crippen LogP contribution in [0.5, 0.6) is 0 Å². The van der Waals surface area contributed by atoms with Crippen molar-refractivity contribution < 1.29 is 4.39 Å². The van der Waals surface area contributed by atoms with E-state index in [-0.39, 0.29) is 17.8 Å². The first-order chi connectivity index (χ1) is 12.7. The summed E-state index contributed by atoms with van der Waals surface area (Å²) in [6, 6.07) is 12.1. The second kappa shape index (κ2) is 7.66. The predicted molar refractivity (Wildman–Crippen MR) is 107 cm³/mol. The van der Waals surface area contributed by atoms with E-state index in [1.165, 1.54) is 5.00 Å². The van der Waals surface area contributed by atoms with E-state index in [0.29, 0.717) is 6.04 Å². The van der Waals surface area contributed by atoms with Crippen molar-refractivity contribution in [1.82, 2.24) is 10.6 Å². The van der Waals surface area contributed by atoms with Gasteiger partial charge in [0.25, 0.3) is 0 Å². The van der Waals surface area contributed by atoms with Gasteiger partial charge in [-0.2, -0.15) is 0 Å². The number of nitrogens with zero attached hydrogens (tertiary/aromatic N) is 2. The fourth-order valence-electron chi connectivity index (χ4n) is 3.71. The lowest BCUT2D eigenvalue weighted by atomic mass is 10.1. The van der Waals surface area contributed by atoms with Gasteiger partial charge in [0.15, 0.2) is 5.96 Å². The van der Waals surface area contributed by atoms with Crippen LogP contribution in [0.1, 0.15) is 30.7 Å². The van der Waals surface area contributed by atoms with Gasteiger partial charge < -0.3 is 15.5 Å². The Morgan fingerprint density at radius 2 is 1.96 bits per heavy atom. The van der Waals surface area contributed by atoms with Crippen LogP contribution in [0.15, 0.2) is 46.8 Å². The molecule has 1 aromatic carbocycles. The molecule has 2 aliphatic rings. The first-order valence-electron chi connectivity index (χ1n) is 9.27. The molecule has 2 aromatic rings. The van der Waals surface area contributed by atoms with Crippen molar-refractivity contribution in [3.8, 4) is 0 Å². The average molecular weight is 373 g/mol. The Bertz CT molecular complexity index is 753. The number of benzene rings is 1. The fraction of sp³-hybridized carbons (Fsp3) is 0.450. The maximum absolute atomic E-state index is 13.9. The zero-order chi connectivity index (χ0) is 17.9. The number of aliphatic imine (C=N–C) groups is 1. The van der Waals surface area contributed by atoms with Gasteiger partial charge in [-0.3, -0.25) is 4.99 Å². The zero-order valence-corrected chi connectivity index (χ0v) is 15.8. The van der Waals surface area contributed by atoms with Crippen molar-refractivity contribution in [1.29, 1.82) is 0 Å². The van der Waals surface area contributed by atoms with Crippen molar-refractivity contribution >= 4 is 22.3 Å². The number of hydrogen-bond donors (Lipinski definition) is 2. The third kappa shape index (κ3) is 3.85. The van der Waals surface area contributed by atoms with Gasteiger partial charge in [0.1, 0.15) is 5.82 Å². The summed E-state index contributed by atoms with van der Waals surface area (Å²) in [6.07, 6.45) is 3.15. The van der Waals surface area contributed by atoms with Crippen molar-refractivity contribution in [2.45, 2.75) is 37.3 Å². The monoisotopic (exact) mass is 372 g/mol. The Kier molecular flexibility index (Phi) is 5.11. The topological polar surface area (TPSA) is 39.7 Å². The summed E-state index contributed by atoms with van der Waals surface area (Å²) in [5, 5.41) is 10.5. The molecule has 26 heavy (non-hydrogen) atoms. The molecule has 1 aliphatic carbocycles. The molecule has 4 rings (SSSR count). The summed E-state index contributed by atoms with van der Waals surface area (Å²) < 4.78 is 13.9.